The van der Waals surface area contributed by atoms with E-state index in [-0.39, 0.29) is 11.8 Å². The van der Waals surface area contributed by atoms with Crippen molar-refractivity contribution in [3.63, 3.8) is 0 Å². The highest BCUT2D eigenvalue weighted by Crippen LogP contribution is 2.28. The zero-order chi connectivity index (χ0) is 19.3. The molecule has 0 radical (unpaired) electrons. The van der Waals surface area contributed by atoms with Gasteiger partial charge in [-0.15, -0.1) is 10.2 Å². The molecule has 146 valence electrons. The molecule has 3 heterocycles. The second-order valence-corrected chi connectivity index (χ2v) is 8.23. The zero-order valence-electron chi connectivity index (χ0n) is 16.0. The molecule has 1 saturated heterocycles. The van der Waals surface area contributed by atoms with Gasteiger partial charge < -0.3 is 10.2 Å². The maximum absolute atomic E-state index is 12.7. The van der Waals surface area contributed by atoms with E-state index in [9.17, 15) is 4.79 Å². The SMILES string of the molecule is C[C@H](CNC(=O)[C@@H]1CCCN(c2nnc(-n3cccc3)s2)C1)c1ccccc1. The Labute approximate surface area is 169 Å². The van der Waals surface area contributed by atoms with Gasteiger partial charge in [0.25, 0.3) is 0 Å². The molecule has 1 amide bonds. The molecule has 1 fully saturated rings. The fraction of sp³-hybridized carbons (Fsp3) is 0.381. The summed E-state index contributed by atoms with van der Waals surface area (Å²) in [7, 11) is 0. The molecule has 3 aromatic rings. The minimum atomic E-state index is -0.00403. The number of amides is 1. The molecule has 1 N–H and O–H groups in total. The second-order valence-electron chi connectivity index (χ2n) is 7.30. The molecule has 1 aromatic carbocycles. The largest absolute Gasteiger partial charge is 0.355 e. The van der Waals surface area contributed by atoms with Gasteiger partial charge in [-0.2, -0.15) is 0 Å². The van der Waals surface area contributed by atoms with Crippen LogP contribution in [0.2, 0.25) is 0 Å². The van der Waals surface area contributed by atoms with Gasteiger partial charge in [-0.05, 0) is 36.5 Å². The van der Waals surface area contributed by atoms with Crippen LogP contribution in [0.15, 0.2) is 54.9 Å². The maximum Gasteiger partial charge on any atom is 0.224 e. The number of carbonyl (C=O) groups is 1. The molecular formula is C21H25N5OS. The van der Waals surface area contributed by atoms with Crippen molar-refractivity contribution in [2.24, 2.45) is 5.92 Å². The fourth-order valence-corrected chi connectivity index (χ4v) is 4.41. The topological polar surface area (TPSA) is 63.1 Å². The molecule has 2 aromatic heterocycles. The third kappa shape index (κ3) is 4.25. The van der Waals surface area contributed by atoms with Crippen LogP contribution in [0.3, 0.4) is 0 Å². The summed E-state index contributed by atoms with van der Waals surface area (Å²) in [6, 6.07) is 14.2. The van der Waals surface area contributed by atoms with E-state index in [0.717, 1.165) is 29.6 Å². The summed E-state index contributed by atoms with van der Waals surface area (Å²) < 4.78 is 1.96. The smallest absolute Gasteiger partial charge is 0.224 e. The first-order valence-corrected chi connectivity index (χ1v) is 10.6. The fourth-order valence-electron chi connectivity index (χ4n) is 3.56. The molecule has 1 aliphatic heterocycles. The predicted molar refractivity (Wildman–Crippen MR) is 112 cm³/mol. The third-order valence-electron chi connectivity index (χ3n) is 5.24. The maximum atomic E-state index is 12.7. The normalized spacial score (nSPS) is 18.0. The van der Waals surface area contributed by atoms with Crippen molar-refractivity contribution in [3.8, 4) is 5.13 Å². The summed E-state index contributed by atoms with van der Waals surface area (Å²) in [5, 5.41) is 13.5. The first-order valence-electron chi connectivity index (χ1n) is 9.75. The number of aromatic nitrogens is 3. The van der Waals surface area contributed by atoms with Gasteiger partial charge in [-0.1, -0.05) is 48.6 Å². The summed E-state index contributed by atoms with van der Waals surface area (Å²) in [6.45, 7) is 4.43. The van der Waals surface area contributed by atoms with E-state index >= 15 is 0 Å². The summed E-state index contributed by atoms with van der Waals surface area (Å²) in [4.78, 5) is 14.9. The van der Waals surface area contributed by atoms with Crippen molar-refractivity contribution < 1.29 is 4.79 Å². The highest BCUT2D eigenvalue weighted by Gasteiger charge is 2.28. The number of benzene rings is 1. The Kier molecular flexibility index (Phi) is 5.71. The lowest BCUT2D eigenvalue weighted by atomic mass is 9.96. The molecule has 6 nitrogen and oxygen atoms in total. The number of hydrogen-bond donors (Lipinski definition) is 1. The van der Waals surface area contributed by atoms with Crippen LogP contribution >= 0.6 is 11.3 Å². The molecule has 0 spiro atoms. The lowest BCUT2D eigenvalue weighted by molar-refractivity contribution is -0.125. The first-order chi connectivity index (χ1) is 13.7. The van der Waals surface area contributed by atoms with Gasteiger partial charge in [0.2, 0.25) is 16.2 Å². The van der Waals surface area contributed by atoms with Crippen LogP contribution in [-0.2, 0) is 4.79 Å². The molecule has 0 saturated carbocycles. The number of nitrogens with zero attached hydrogens (tertiary/aromatic N) is 4. The molecule has 4 rings (SSSR count). The standard InChI is InChI=1S/C21H25N5OS/c1-16(17-8-3-2-4-9-17)14-22-19(27)18-10-7-13-26(15-18)21-24-23-20(28-21)25-11-5-6-12-25/h2-6,8-9,11-12,16,18H,7,10,13-15H2,1H3,(H,22,27)/t16-,18-/m1/s1. The van der Waals surface area contributed by atoms with Crippen molar-refractivity contribution in [1.29, 1.82) is 0 Å². The first kappa shape index (κ1) is 18.7. The number of nitrogens with one attached hydrogen (secondary N) is 1. The van der Waals surface area contributed by atoms with E-state index in [1.54, 1.807) is 11.3 Å². The van der Waals surface area contributed by atoms with E-state index in [1.165, 1.54) is 5.56 Å². The molecule has 1 aliphatic rings. The molecular weight excluding hydrogens is 370 g/mol. The molecule has 0 bridgehead atoms. The van der Waals surface area contributed by atoms with Crippen LogP contribution in [0.1, 0.15) is 31.2 Å². The minimum Gasteiger partial charge on any atom is -0.355 e. The summed E-state index contributed by atoms with van der Waals surface area (Å²) in [5.74, 6) is 0.440. The summed E-state index contributed by atoms with van der Waals surface area (Å²) in [5.41, 5.74) is 1.25. The average molecular weight is 396 g/mol. The Hall–Kier alpha value is -2.67. The van der Waals surface area contributed by atoms with Crippen LogP contribution < -0.4 is 10.2 Å². The molecule has 28 heavy (non-hydrogen) atoms. The lowest BCUT2D eigenvalue weighted by Crippen LogP contribution is -2.43. The van der Waals surface area contributed by atoms with Crippen LogP contribution in [0.4, 0.5) is 5.13 Å². The Morgan fingerprint density at radius 2 is 1.93 bits per heavy atom. The Morgan fingerprint density at radius 3 is 2.71 bits per heavy atom. The summed E-state index contributed by atoms with van der Waals surface area (Å²) >= 11 is 1.56. The Morgan fingerprint density at radius 1 is 1.18 bits per heavy atom. The van der Waals surface area contributed by atoms with Crippen LogP contribution in [0.25, 0.3) is 5.13 Å². The lowest BCUT2D eigenvalue weighted by Gasteiger charge is -2.31. The van der Waals surface area contributed by atoms with E-state index in [4.69, 9.17) is 0 Å². The number of rotatable bonds is 6. The molecule has 7 heteroatoms. The van der Waals surface area contributed by atoms with Crippen LogP contribution in [0, 0.1) is 5.92 Å². The highest BCUT2D eigenvalue weighted by atomic mass is 32.1. The van der Waals surface area contributed by atoms with Crippen LogP contribution in [0.5, 0.6) is 0 Å². The predicted octanol–water partition coefficient (Wildman–Crippen LogP) is 3.47. The van der Waals surface area contributed by atoms with Gasteiger partial charge >= 0.3 is 0 Å². The molecule has 0 unspecified atom stereocenters. The Balaban J connectivity index is 1.34. The highest BCUT2D eigenvalue weighted by molar-refractivity contribution is 7.17. The van der Waals surface area contributed by atoms with Gasteiger partial charge in [-0.3, -0.25) is 9.36 Å². The number of anilines is 1. The van der Waals surface area contributed by atoms with Gasteiger partial charge in [0, 0.05) is 32.0 Å². The van der Waals surface area contributed by atoms with Crippen molar-refractivity contribution in [2.45, 2.75) is 25.7 Å². The van der Waals surface area contributed by atoms with Gasteiger partial charge in [-0.25, -0.2) is 0 Å². The number of carbonyl (C=O) groups excluding carboxylic acids is 1. The third-order valence-corrected chi connectivity index (χ3v) is 6.24. The van der Waals surface area contributed by atoms with Crippen molar-refractivity contribution >= 4 is 22.4 Å². The van der Waals surface area contributed by atoms with Crippen molar-refractivity contribution in [2.75, 3.05) is 24.5 Å². The number of hydrogen-bond acceptors (Lipinski definition) is 5. The number of piperidine rings is 1. The van der Waals surface area contributed by atoms with Gasteiger partial charge in [0.1, 0.15) is 0 Å². The van der Waals surface area contributed by atoms with Crippen molar-refractivity contribution in [1.82, 2.24) is 20.1 Å². The average Bonchev–Trinajstić information content (AvgIpc) is 3.44. The Bertz CT molecular complexity index is 893. The van der Waals surface area contributed by atoms with E-state index in [0.29, 0.717) is 19.0 Å². The van der Waals surface area contributed by atoms with Gasteiger partial charge in [0.15, 0.2) is 0 Å². The van der Waals surface area contributed by atoms with E-state index < -0.39 is 0 Å². The second kappa shape index (κ2) is 8.56. The monoisotopic (exact) mass is 395 g/mol. The minimum absolute atomic E-state index is 0.00403. The zero-order valence-corrected chi connectivity index (χ0v) is 16.8. The quantitative estimate of drug-likeness (QED) is 0.694. The molecule has 0 aliphatic carbocycles. The van der Waals surface area contributed by atoms with E-state index in [2.05, 4.69) is 39.5 Å². The molecule has 2 atom stereocenters. The van der Waals surface area contributed by atoms with Gasteiger partial charge in [0.05, 0.1) is 5.92 Å². The summed E-state index contributed by atoms with van der Waals surface area (Å²) in [6.07, 6.45) is 5.84. The van der Waals surface area contributed by atoms with E-state index in [1.807, 2.05) is 47.3 Å². The van der Waals surface area contributed by atoms with Crippen molar-refractivity contribution in [3.05, 3.63) is 60.4 Å². The van der Waals surface area contributed by atoms with Crippen LogP contribution in [-0.4, -0.2) is 40.3 Å².